The Balaban J connectivity index is 1.17. The van der Waals surface area contributed by atoms with Crippen molar-refractivity contribution in [1.82, 2.24) is 0 Å². The van der Waals surface area contributed by atoms with E-state index in [4.69, 9.17) is 4.74 Å². The van der Waals surface area contributed by atoms with E-state index in [-0.39, 0.29) is 42.5 Å². The molecule has 4 aliphatic rings. The van der Waals surface area contributed by atoms with Gasteiger partial charge in [-0.2, -0.15) is 0 Å². The third-order valence-electron chi connectivity index (χ3n) is 8.72. The van der Waals surface area contributed by atoms with Gasteiger partial charge in [0.25, 0.3) is 0 Å². The number of hydrogen-bond acceptors (Lipinski definition) is 5. The third kappa shape index (κ3) is 3.39. The fourth-order valence-corrected chi connectivity index (χ4v) is 7.10. The first-order valence-corrected chi connectivity index (χ1v) is 12.8. The van der Waals surface area contributed by atoms with Gasteiger partial charge in [-0.05, 0) is 86.8 Å². The first-order chi connectivity index (χ1) is 17.2. The SMILES string of the molecule is Cc1cc(OC(=O)[C@@H]2CC(=O)N(c3c(C)cccc3C)C2)ccc1N1C(=O)[C@@H]2[C@H]3CC[C@@H](C3)[C@H]2C1=O. The highest BCUT2D eigenvalue weighted by Gasteiger charge is 2.61. The molecular formula is C29H30N2O5. The number of aryl methyl sites for hydroxylation is 3. The van der Waals surface area contributed by atoms with Crippen LogP contribution in [0.2, 0.25) is 0 Å². The lowest BCUT2D eigenvalue weighted by Crippen LogP contribution is -2.33. The van der Waals surface area contributed by atoms with Crippen molar-refractivity contribution in [3.05, 3.63) is 53.1 Å². The molecule has 4 fully saturated rings. The molecule has 186 valence electrons. The standard InChI is InChI=1S/C29H30N2O5/c1-15-5-4-6-16(2)26(15)30-14-20(13-23(30)32)29(35)36-21-9-10-22(17(3)11-21)31-27(33)24-18-7-8-19(12-18)25(24)28(31)34/h4-6,9-11,18-20,24-25H,7-8,12-14H2,1-3H3/t18-,19-,20+,24+,25+/m0/s1. The molecule has 2 aliphatic carbocycles. The lowest BCUT2D eigenvalue weighted by Gasteiger charge is -2.21. The summed E-state index contributed by atoms with van der Waals surface area (Å²) in [5.41, 5.74) is 4.11. The van der Waals surface area contributed by atoms with E-state index in [1.807, 2.05) is 39.0 Å². The van der Waals surface area contributed by atoms with Gasteiger partial charge in [0.15, 0.2) is 0 Å². The molecule has 0 N–H and O–H groups in total. The molecule has 0 aromatic heterocycles. The van der Waals surface area contributed by atoms with E-state index >= 15 is 0 Å². The molecule has 2 saturated carbocycles. The van der Waals surface area contributed by atoms with Crippen molar-refractivity contribution >= 4 is 35.1 Å². The smallest absolute Gasteiger partial charge is 0.316 e. The Hall–Kier alpha value is -3.48. The monoisotopic (exact) mass is 486 g/mol. The van der Waals surface area contributed by atoms with E-state index in [2.05, 4.69) is 0 Å². The number of fused-ring (bicyclic) bond motifs is 5. The minimum absolute atomic E-state index is 0.0823. The molecular weight excluding hydrogens is 456 g/mol. The zero-order valence-corrected chi connectivity index (χ0v) is 20.8. The van der Waals surface area contributed by atoms with Crippen LogP contribution in [0.1, 0.15) is 42.4 Å². The molecule has 2 aliphatic heterocycles. The number of hydrogen-bond donors (Lipinski definition) is 0. The number of rotatable bonds is 4. The molecule has 2 bridgehead atoms. The number of nitrogens with zero attached hydrogens (tertiary/aromatic N) is 2. The molecule has 3 amide bonds. The van der Waals surface area contributed by atoms with Gasteiger partial charge in [0, 0.05) is 18.7 Å². The average molecular weight is 487 g/mol. The third-order valence-corrected chi connectivity index (χ3v) is 8.72. The molecule has 2 saturated heterocycles. The second-order valence-corrected chi connectivity index (χ2v) is 10.9. The van der Waals surface area contributed by atoms with E-state index in [1.165, 1.54) is 4.90 Å². The summed E-state index contributed by atoms with van der Waals surface area (Å²) in [6.07, 6.45) is 3.18. The number of para-hydroxylation sites is 1. The van der Waals surface area contributed by atoms with Crippen LogP contribution < -0.4 is 14.5 Å². The molecule has 2 aromatic carbocycles. The van der Waals surface area contributed by atoms with Gasteiger partial charge in [0.05, 0.1) is 23.4 Å². The molecule has 0 spiro atoms. The first-order valence-electron chi connectivity index (χ1n) is 12.8. The van der Waals surface area contributed by atoms with Crippen LogP contribution in [-0.2, 0) is 19.2 Å². The summed E-state index contributed by atoms with van der Waals surface area (Å²) >= 11 is 0. The van der Waals surface area contributed by atoms with Crippen LogP contribution in [0.3, 0.4) is 0 Å². The van der Waals surface area contributed by atoms with E-state index in [1.54, 1.807) is 23.1 Å². The van der Waals surface area contributed by atoms with Crippen LogP contribution in [0.15, 0.2) is 36.4 Å². The Labute approximate surface area is 210 Å². The Morgan fingerprint density at radius 1 is 0.889 bits per heavy atom. The van der Waals surface area contributed by atoms with Gasteiger partial charge in [-0.3, -0.25) is 19.2 Å². The average Bonchev–Trinajstić information content (AvgIpc) is 3.59. The Morgan fingerprint density at radius 2 is 1.53 bits per heavy atom. The molecule has 7 nitrogen and oxygen atoms in total. The number of amides is 3. The predicted octanol–water partition coefficient (Wildman–Crippen LogP) is 4.11. The maximum absolute atomic E-state index is 13.2. The lowest BCUT2D eigenvalue weighted by atomic mass is 9.81. The highest BCUT2D eigenvalue weighted by Crippen LogP contribution is 2.56. The summed E-state index contributed by atoms with van der Waals surface area (Å²) in [5.74, 6) is -0.608. The summed E-state index contributed by atoms with van der Waals surface area (Å²) in [7, 11) is 0. The molecule has 6 rings (SSSR count). The number of carbonyl (C=O) groups excluding carboxylic acids is 4. The first kappa shape index (κ1) is 23.0. The maximum Gasteiger partial charge on any atom is 0.316 e. The minimum Gasteiger partial charge on any atom is -0.426 e. The number of anilines is 2. The van der Waals surface area contributed by atoms with Gasteiger partial charge >= 0.3 is 5.97 Å². The number of ether oxygens (including phenoxy) is 1. The fraction of sp³-hybridized carbons (Fsp3) is 0.448. The largest absolute Gasteiger partial charge is 0.426 e. The second-order valence-electron chi connectivity index (χ2n) is 10.9. The number of carbonyl (C=O) groups is 4. The maximum atomic E-state index is 13.2. The zero-order valence-electron chi connectivity index (χ0n) is 20.8. The highest BCUT2D eigenvalue weighted by atomic mass is 16.5. The van der Waals surface area contributed by atoms with Gasteiger partial charge in [-0.1, -0.05) is 18.2 Å². The van der Waals surface area contributed by atoms with Crippen molar-refractivity contribution in [3.63, 3.8) is 0 Å². The van der Waals surface area contributed by atoms with Gasteiger partial charge < -0.3 is 9.64 Å². The van der Waals surface area contributed by atoms with Crippen LogP contribution in [0.5, 0.6) is 5.75 Å². The molecule has 7 heteroatoms. The lowest BCUT2D eigenvalue weighted by molar-refractivity contribution is -0.139. The van der Waals surface area contributed by atoms with Gasteiger partial charge in [-0.15, -0.1) is 0 Å². The Kier molecular flexibility index (Phi) is 5.28. The summed E-state index contributed by atoms with van der Waals surface area (Å²) in [4.78, 5) is 55.1. The van der Waals surface area contributed by atoms with E-state index in [0.717, 1.165) is 36.1 Å². The van der Waals surface area contributed by atoms with E-state index < -0.39 is 11.9 Å². The van der Waals surface area contributed by atoms with Crippen LogP contribution in [-0.4, -0.2) is 30.2 Å². The summed E-state index contributed by atoms with van der Waals surface area (Å²) in [6, 6.07) is 10.9. The van der Waals surface area contributed by atoms with Crippen molar-refractivity contribution in [1.29, 1.82) is 0 Å². The molecule has 0 unspecified atom stereocenters. The van der Waals surface area contributed by atoms with Crippen molar-refractivity contribution in [3.8, 4) is 5.75 Å². The minimum atomic E-state index is -0.562. The number of esters is 1. The van der Waals surface area contributed by atoms with Crippen LogP contribution in [0.25, 0.3) is 0 Å². The van der Waals surface area contributed by atoms with Crippen molar-refractivity contribution in [2.75, 3.05) is 16.3 Å². The molecule has 2 aromatic rings. The van der Waals surface area contributed by atoms with Gasteiger partial charge in [0.2, 0.25) is 17.7 Å². The topological polar surface area (TPSA) is 84.0 Å². The fourth-order valence-electron chi connectivity index (χ4n) is 7.10. The quantitative estimate of drug-likeness (QED) is 0.369. The Morgan fingerprint density at radius 3 is 2.14 bits per heavy atom. The van der Waals surface area contributed by atoms with Crippen molar-refractivity contribution < 1.29 is 23.9 Å². The van der Waals surface area contributed by atoms with Gasteiger partial charge in [0.1, 0.15) is 5.75 Å². The number of imide groups is 1. The van der Waals surface area contributed by atoms with E-state index in [0.29, 0.717) is 28.8 Å². The van der Waals surface area contributed by atoms with Gasteiger partial charge in [-0.25, -0.2) is 4.90 Å². The highest BCUT2D eigenvalue weighted by molar-refractivity contribution is 6.23. The normalized spacial score (nSPS) is 28.9. The van der Waals surface area contributed by atoms with Crippen LogP contribution in [0, 0.1) is 50.4 Å². The van der Waals surface area contributed by atoms with Crippen molar-refractivity contribution in [2.24, 2.45) is 29.6 Å². The summed E-state index contributed by atoms with van der Waals surface area (Å²) < 4.78 is 5.66. The zero-order chi connectivity index (χ0) is 25.3. The summed E-state index contributed by atoms with van der Waals surface area (Å²) in [5, 5.41) is 0. The van der Waals surface area contributed by atoms with Crippen LogP contribution >= 0.6 is 0 Å². The van der Waals surface area contributed by atoms with Crippen molar-refractivity contribution in [2.45, 2.75) is 46.5 Å². The van der Waals surface area contributed by atoms with Crippen LogP contribution in [0.4, 0.5) is 11.4 Å². The molecule has 0 radical (unpaired) electrons. The molecule has 2 heterocycles. The summed E-state index contributed by atoms with van der Waals surface area (Å²) in [6.45, 7) is 6.01. The Bertz CT molecular complexity index is 1270. The molecule has 36 heavy (non-hydrogen) atoms. The van der Waals surface area contributed by atoms with E-state index in [9.17, 15) is 19.2 Å². The molecule has 5 atom stereocenters. The predicted molar refractivity (Wildman–Crippen MR) is 133 cm³/mol. The number of benzene rings is 2. The second kappa shape index (κ2) is 8.29.